The zero-order chi connectivity index (χ0) is 15.6. The molecule has 4 rings (SSSR count). The predicted octanol–water partition coefficient (Wildman–Crippen LogP) is 3.77. The summed E-state index contributed by atoms with van der Waals surface area (Å²) in [5, 5.41) is 9.92. The molecule has 1 N–H and O–H groups in total. The van der Waals surface area contributed by atoms with Gasteiger partial charge in [-0.05, 0) is 55.6 Å². The fraction of sp³-hybridized carbons (Fsp3) is 0.579. The van der Waals surface area contributed by atoms with E-state index in [-0.39, 0.29) is 16.9 Å². The van der Waals surface area contributed by atoms with Crippen molar-refractivity contribution in [1.82, 2.24) is 0 Å². The first kappa shape index (κ1) is 14.0. The third kappa shape index (κ3) is 1.62. The molecule has 0 spiro atoms. The van der Waals surface area contributed by atoms with Crippen LogP contribution in [0.3, 0.4) is 0 Å². The Kier molecular flexibility index (Phi) is 2.82. The topological polar surface area (TPSA) is 54.4 Å². The van der Waals surface area contributed by atoms with Gasteiger partial charge in [0.25, 0.3) is 0 Å². The Morgan fingerprint density at radius 3 is 2.77 bits per heavy atom. The molecular weight excluding hydrogens is 276 g/mol. The molecule has 3 aliphatic rings. The fourth-order valence-electron chi connectivity index (χ4n) is 5.45. The second kappa shape index (κ2) is 4.43. The van der Waals surface area contributed by atoms with Crippen molar-refractivity contribution in [1.29, 1.82) is 0 Å². The van der Waals surface area contributed by atoms with Gasteiger partial charge in [-0.3, -0.25) is 9.59 Å². The summed E-state index contributed by atoms with van der Waals surface area (Å²) in [6, 6.07) is 3.66. The van der Waals surface area contributed by atoms with E-state index in [1.54, 1.807) is 6.07 Å². The molecule has 3 nitrogen and oxygen atoms in total. The minimum absolute atomic E-state index is 0.147. The van der Waals surface area contributed by atoms with Crippen molar-refractivity contribution in [3.63, 3.8) is 0 Å². The van der Waals surface area contributed by atoms with Gasteiger partial charge >= 0.3 is 0 Å². The van der Waals surface area contributed by atoms with E-state index >= 15 is 0 Å². The lowest BCUT2D eigenvalue weighted by Crippen LogP contribution is -2.43. The van der Waals surface area contributed by atoms with E-state index in [0.29, 0.717) is 36.4 Å². The Morgan fingerprint density at radius 2 is 2.00 bits per heavy atom. The van der Waals surface area contributed by atoms with Gasteiger partial charge in [-0.1, -0.05) is 13.0 Å². The van der Waals surface area contributed by atoms with Crippen LogP contribution in [-0.4, -0.2) is 16.7 Å². The van der Waals surface area contributed by atoms with Crippen molar-refractivity contribution in [3.8, 4) is 5.75 Å². The molecule has 3 heteroatoms. The zero-order valence-electron chi connectivity index (χ0n) is 13.2. The predicted molar refractivity (Wildman–Crippen MR) is 83.1 cm³/mol. The first-order valence-electron chi connectivity index (χ1n) is 8.32. The van der Waals surface area contributed by atoms with E-state index in [1.165, 1.54) is 0 Å². The Hall–Kier alpha value is -1.64. The van der Waals surface area contributed by atoms with E-state index in [4.69, 9.17) is 0 Å². The maximum absolute atomic E-state index is 12.7. The van der Waals surface area contributed by atoms with Crippen LogP contribution >= 0.6 is 0 Å². The summed E-state index contributed by atoms with van der Waals surface area (Å²) in [5.41, 5.74) is 2.37. The Bertz CT molecular complexity index is 690. The van der Waals surface area contributed by atoms with Crippen LogP contribution in [0.15, 0.2) is 12.1 Å². The summed E-state index contributed by atoms with van der Waals surface area (Å²) in [5.74, 6) is 1.78. The zero-order valence-corrected chi connectivity index (χ0v) is 13.2. The first-order chi connectivity index (χ1) is 10.4. The lowest BCUT2D eigenvalue weighted by molar-refractivity contribution is -0.129. The molecule has 0 bridgehead atoms. The van der Waals surface area contributed by atoms with Gasteiger partial charge in [-0.25, -0.2) is 0 Å². The molecule has 1 aromatic carbocycles. The van der Waals surface area contributed by atoms with Gasteiger partial charge in [0.2, 0.25) is 0 Å². The number of carbonyl (C=O) groups excluding carboxylic acids is 2. The average Bonchev–Trinajstić information content (AvgIpc) is 2.79. The van der Waals surface area contributed by atoms with Gasteiger partial charge in [0.15, 0.2) is 5.78 Å². The molecule has 0 unspecified atom stereocenters. The second-order valence-electron chi connectivity index (χ2n) is 7.60. The van der Waals surface area contributed by atoms with Crippen LogP contribution in [0.5, 0.6) is 5.75 Å². The van der Waals surface area contributed by atoms with Crippen LogP contribution in [0, 0.1) is 24.2 Å². The molecule has 2 saturated carbocycles. The van der Waals surface area contributed by atoms with Crippen molar-refractivity contribution < 1.29 is 14.7 Å². The third-order valence-corrected chi connectivity index (χ3v) is 6.71. The summed E-state index contributed by atoms with van der Waals surface area (Å²) in [6.07, 6.45) is 4.07. The van der Waals surface area contributed by atoms with Crippen molar-refractivity contribution >= 4 is 11.6 Å². The number of rotatable bonds is 0. The molecule has 0 amide bonds. The van der Waals surface area contributed by atoms with Crippen LogP contribution in [0.2, 0.25) is 0 Å². The third-order valence-electron chi connectivity index (χ3n) is 6.71. The summed E-state index contributed by atoms with van der Waals surface area (Å²) in [4.78, 5) is 25.0. The highest BCUT2D eigenvalue weighted by molar-refractivity contribution is 6.01. The number of fused-ring (bicyclic) bond motifs is 5. The van der Waals surface area contributed by atoms with Gasteiger partial charge in [0.05, 0.1) is 0 Å². The molecular formula is C19H22O3. The van der Waals surface area contributed by atoms with E-state index in [2.05, 4.69) is 6.92 Å². The van der Waals surface area contributed by atoms with Gasteiger partial charge in [-0.2, -0.15) is 0 Å². The molecule has 4 atom stereocenters. The van der Waals surface area contributed by atoms with Gasteiger partial charge in [0.1, 0.15) is 11.5 Å². The minimum Gasteiger partial charge on any atom is -0.508 e. The molecule has 0 aromatic heterocycles. The summed E-state index contributed by atoms with van der Waals surface area (Å²) in [7, 11) is 0. The van der Waals surface area contributed by atoms with E-state index < -0.39 is 0 Å². The van der Waals surface area contributed by atoms with Crippen LogP contribution in [0.4, 0.5) is 0 Å². The normalized spacial score (nSPS) is 36.7. The number of carbonyl (C=O) groups is 2. The molecule has 0 heterocycles. The number of phenols is 1. The standard InChI is InChI=1S/C19H22O3/c1-10-15(20)5-3-12-11-7-8-19(2)14(4-6-17(19)22)13(11)9-16(21)18(10)12/h3,5,11,13-14,20H,4,6-9H2,1-2H3/t11-,13-,14+,19+/m1/s1. The molecule has 0 saturated heterocycles. The van der Waals surface area contributed by atoms with Crippen LogP contribution in [-0.2, 0) is 4.79 Å². The molecule has 1 aromatic rings. The van der Waals surface area contributed by atoms with Crippen molar-refractivity contribution in [2.45, 2.75) is 51.9 Å². The number of Topliss-reactive ketones (excluding diaryl/α,β-unsaturated/α-hetero) is 2. The number of hydrogen-bond acceptors (Lipinski definition) is 3. The molecule has 2 fully saturated rings. The van der Waals surface area contributed by atoms with Crippen molar-refractivity contribution in [2.24, 2.45) is 17.3 Å². The Balaban J connectivity index is 1.81. The second-order valence-corrected chi connectivity index (χ2v) is 7.60. The van der Waals surface area contributed by atoms with Gasteiger partial charge in [-0.15, -0.1) is 0 Å². The Morgan fingerprint density at radius 1 is 1.23 bits per heavy atom. The van der Waals surface area contributed by atoms with E-state index in [0.717, 1.165) is 36.0 Å². The SMILES string of the molecule is Cc1c(O)ccc2c1C(=O)C[C@@H]1[C@@H]2CC[C@]2(C)C(=O)CC[C@@H]12. The molecule has 3 aliphatic carbocycles. The number of ketones is 2. The van der Waals surface area contributed by atoms with Gasteiger partial charge < -0.3 is 5.11 Å². The highest BCUT2D eigenvalue weighted by Crippen LogP contribution is 2.59. The molecule has 22 heavy (non-hydrogen) atoms. The summed E-state index contributed by atoms with van der Waals surface area (Å²) in [6.45, 7) is 3.95. The quantitative estimate of drug-likeness (QED) is 0.793. The monoisotopic (exact) mass is 298 g/mol. The molecule has 0 radical (unpaired) electrons. The molecule has 116 valence electrons. The summed E-state index contributed by atoms with van der Waals surface area (Å²) >= 11 is 0. The smallest absolute Gasteiger partial charge is 0.163 e. The highest BCUT2D eigenvalue weighted by Gasteiger charge is 2.55. The number of phenolic OH excluding ortho intramolecular Hbond substituents is 1. The van der Waals surface area contributed by atoms with Crippen LogP contribution < -0.4 is 0 Å². The summed E-state index contributed by atoms with van der Waals surface area (Å²) < 4.78 is 0. The van der Waals surface area contributed by atoms with Crippen LogP contribution in [0.1, 0.15) is 66.4 Å². The number of hydrogen-bond donors (Lipinski definition) is 1. The maximum Gasteiger partial charge on any atom is 0.163 e. The largest absolute Gasteiger partial charge is 0.508 e. The first-order valence-corrected chi connectivity index (χ1v) is 8.32. The molecule has 0 aliphatic heterocycles. The lowest BCUT2D eigenvalue weighted by Gasteiger charge is -2.48. The van der Waals surface area contributed by atoms with Crippen molar-refractivity contribution in [3.05, 3.63) is 28.8 Å². The number of benzene rings is 1. The number of aromatic hydroxyl groups is 1. The average molecular weight is 298 g/mol. The lowest BCUT2D eigenvalue weighted by atomic mass is 9.55. The highest BCUT2D eigenvalue weighted by atomic mass is 16.3. The van der Waals surface area contributed by atoms with Gasteiger partial charge in [0, 0.05) is 29.4 Å². The van der Waals surface area contributed by atoms with E-state index in [9.17, 15) is 14.7 Å². The van der Waals surface area contributed by atoms with Crippen LogP contribution in [0.25, 0.3) is 0 Å². The Labute approximate surface area is 130 Å². The fourth-order valence-corrected chi connectivity index (χ4v) is 5.45. The maximum atomic E-state index is 12.7. The minimum atomic E-state index is -0.203. The van der Waals surface area contributed by atoms with E-state index in [1.807, 2.05) is 13.0 Å². The van der Waals surface area contributed by atoms with Crippen molar-refractivity contribution in [2.75, 3.05) is 0 Å².